The number of benzene rings is 1. The number of carbonyl (C=O) groups excluding carboxylic acids is 2. The summed E-state index contributed by atoms with van der Waals surface area (Å²) in [5.74, 6) is -0.881. The van der Waals surface area contributed by atoms with E-state index < -0.39 is 5.97 Å². The van der Waals surface area contributed by atoms with Gasteiger partial charge in [0.05, 0.1) is 17.9 Å². The average Bonchev–Trinajstić information content (AvgIpc) is 2.99. The fourth-order valence-electron chi connectivity index (χ4n) is 2.09. The van der Waals surface area contributed by atoms with Gasteiger partial charge in [-0.25, -0.2) is 4.79 Å². The number of hydrogen-bond donors (Lipinski definition) is 1. The molecule has 23 heavy (non-hydrogen) atoms. The highest BCUT2D eigenvalue weighted by Gasteiger charge is 2.14. The second-order valence-electron chi connectivity index (χ2n) is 5.17. The molecule has 1 aliphatic rings. The molecule has 1 heterocycles. The summed E-state index contributed by atoms with van der Waals surface area (Å²) < 4.78 is 9.78. The first-order chi connectivity index (χ1) is 11.1. The molecule has 0 fully saturated rings. The van der Waals surface area contributed by atoms with Crippen molar-refractivity contribution in [1.29, 1.82) is 0 Å². The van der Waals surface area contributed by atoms with Crippen LogP contribution in [0.1, 0.15) is 23.7 Å². The van der Waals surface area contributed by atoms with Gasteiger partial charge in [0.15, 0.2) is 6.61 Å². The molecule has 7 nitrogen and oxygen atoms in total. The van der Waals surface area contributed by atoms with E-state index in [-0.39, 0.29) is 12.5 Å². The number of nitrogens with zero attached hydrogens (tertiary/aromatic N) is 2. The van der Waals surface area contributed by atoms with E-state index in [9.17, 15) is 9.59 Å². The Hall–Kier alpha value is -2.41. The molecule has 0 aliphatic carbocycles. The van der Waals surface area contributed by atoms with Gasteiger partial charge < -0.3 is 14.8 Å². The molecule has 1 aromatic carbocycles. The smallest absolute Gasteiger partial charge is 0.338 e. The van der Waals surface area contributed by atoms with Crippen molar-refractivity contribution in [2.75, 3.05) is 38.4 Å². The Bertz CT molecular complexity index is 583. The summed E-state index contributed by atoms with van der Waals surface area (Å²) in [6, 6.07) is 6.97. The average molecular weight is 319 g/mol. The Morgan fingerprint density at radius 1 is 1.30 bits per heavy atom. The summed E-state index contributed by atoms with van der Waals surface area (Å²) in [6.45, 7) is 3.33. The van der Waals surface area contributed by atoms with Gasteiger partial charge in [0, 0.05) is 32.3 Å². The van der Waals surface area contributed by atoms with Crippen molar-refractivity contribution in [3.63, 3.8) is 0 Å². The molecule has 0 spiro atoms. The number of anilines is 1. The van der Waals surface area contributed by atoms with E-state index in [0.717, 1.165) is 24.4 Å². The number of hydrazone groups is 1. The van der Waals surface area contributed by atoms with E-state index >= 15 is 0 Å². The molecular weight excluding hydrogens is 298 g/mol. The van der Waals surface area contributed by atoms with Crippen molar-refractivity contribution in [2.45, 2.75) is 13.3 Å². The van der Waals surface area contributed by atoms with Crippen LogP contribution >= 0.6 is 0 Å². The van der Waals surface area contributed by atoms with E-state index in [1.54, 1.807) is 19.2 Å². The van der Waals surface area contributed by atoms with Crippen LogP contribution in [0.25, 0.3) is 0 Å². The number of methoxy groups -OCH3 is 1. The zero-order valence-corrected chi connectivity index (χ0v) is 13.4. The van der Waals surface area contributed by atoms with Gasteiger partial charge in [-0.05, 0) is 31.2 Å². The Morgan fingerprint density at radius 3 is 2.65 bits per heavy atom. The van der Waals surface area contributed by atoms with Gasteiger partial charge in [-0.1, -0.05) is 0 Å². The van der Waals surface area contributed by atoms with Crippen LogP contribution in [-0.4, -0.2) is 51.0 Å². The van der Waals surface area contributed by atoms with E-state index in [1.165, 1.54) is 0 Å². The van der Waals surface area contributed by atoms with Crippen molar-refractivity contribution in [1.82, 2.24) is 5.32 Å². The topological polar surface area (TPSA) is 80.2 Å². The predicted molar refractivity (Wildman–Crippen MR) is 86.7 cm³/mol. The molecule has 124 valence electrons. The third kappa shape index (κ3) is 5.07. The zero-order valence-electron chi connectivity index (χ0n) is 13.4. The monoisotopic (exact) mass is 319 g/mol. The van der Waals surface area contributed by atoms with Gasteiger partial charge in [0.2, 0.25) is 0 Å². The highest BCUT2D eigenvalue weighted by Crippen LogP contribution is 2.20. The lowest BCUT2D eigenvalue weighted by molar-refractivity contribution is -0.124. The predicted octanol–water partition coefficient (Wildman–Crippen LogP) is 1.19. The van der Waals surface area contributed by atoms with Gasteiger partial charge in [-0.15, -0.1) is 0 Å². The van der Waals surface area contributed by atoms with E-state index in [1.807, 2.05) is 24.1 Å². The van der Waals surface area contributed by atoms with Crippen LogP contribution in [0.15, 0.2) is 29.4 Å². The third-order valence-electron chi connectivity index (χ3n) is 3.34. The van der Waals surface area contributed by atoms with E-state index in [4.69, 9.17) is 9.47 Å². The molecule has 0 unspecified atom stereocenters. The maximum absolute atomic E-state index is 11.9. The summed E-state index contributed by atoms with van der Waals surface area (Å²) >= 11 is 0. The normalized spacial score (nSPS) is 13.7. The third-order valence-corrected chi connectivity index (χ3v) is 3.34. The number of rotatable bonds is 7. The molecule has 0 aromatic heterocycles. The standard InChI is InChI=1S/C16H21N3O4/c1-12-7-9-19(18-12)14-5-3-13(4-6-14)16(21)23-11-15(20)17-8-10-22-2/h3-6H,7-11H2,1-2H3,(H,17,20). The number of ether oxygens (including phenoxy) is 2. The fraction of sp³-hybridized carbons (Fsp3) is 0.438. The molecule has 1 aliphatic heterocycles. The van der Waals surface area contributed by atoms with Crippen LogP contribution in [-0.2, 0) is 14.3 Å². The summed E-state index contributed by atoms with van der Waals surface area (Å²) in [6.07, 6.45) is 0.946. The van der Waals surface area contributed by atoms with Crippen LogP contribution < -0.4 is 10.3 Å². The van der Waals surface area contributed by atoms with Gasteiger partial charge >= 0.3 is 5.97 Å². The van der Waals surface area contributed by atoms with Gasteiger partial charge in [0.25, 0.3) is 5.91 Å². The lowest BCUT2D eigenvalue weighted by Crippen LogP contribution is -2.31. The first kappa shape index (κ1) is 17.0. The Morgan fingerprint density at radius 2 is 2.04 bits per heavy atom. The van der Waals surface area contributed by atoms with Crippen molar-refractivity contribution < 1.29 is 19.1 Å². The molecule has 1 amide bonds. The Balaban J connectivity index is 1.82. The molecule has 0 radical (unpaired) electrons. The molecular formula is C16H21N3O4. The van der Waals surface area contributed by atoms with Gasteiger partial charge in [-0.2, -0.15) is 5.10 Å². The minimum absolute atomic E-state index is 0.306. The SMILES string of the molecule is COCCNC(=O)COC(=O)c1ccc(N2CCC(C)=N2)cc1. The first-order valence-corrected chi connectivity index (χ1v) is 7.44. The van der Waals surface area contributed by atoms with Crippen LogP contribution in [0.3, 0.4) is 0 Å². The molecule has 0 saturated heterocycles. The summed E-state index contributed by atoms with van der Waals surface area (Å²) in [5, 5.41) is 8.87. The summed E-state index contributed by atoms with van der Waals surface area (Å²) in [4.78, 5) is 23.3. The minimum atomic E-state index is -0.528. The highest BCUT2D eigenvalue weighted by atomic mass is 16.5. The maximum atomic E-state index is 11.9. The quantitative estimate of drug-likeness (QED) is 0.603. The highest BCUT2D eigenvalue weighted by molar-refractivity contribution is 5.92. The largest absolute Gasteiger partial charge is 0.452 e. The molecule has 0 saturated carbocycles. The number of carbonyl (C=O) groups is 2. The summed E-state index contributed by atoms with van der Waals surface area (Å²) in [5.41, 5.74) is 2.42. The van der Waals surface area contributed by atoms with Crippen molar-refractivity contribution in [3.05, 3.63) is 29.8 Å². The molecule has 2 rings (SSSR count). The lowest BCUT2D eigenvalue weighted by Gasteiger charge is -2.13. The second-order valence-corrected chi connectivity index (χ2v) is 5.17. The van der Waals surface area contributed by atoms with Gasteiger partial charge in [-0.3, -0.25) is 9.80 Å². The number of amides is 1. The van der Waals surface area contributed by atoms with Crippen molar-refractivity contribution in [3.8, 4) is 0 Å². The molecule has 0 bridgehead atoms. The van der Waals surface area contributed by atoms with E-state index in [0.29, 0.717) is 18.7 Å². The lowest BCUT2D eigenvalue weighted by atomic mass is 10.2. The Kier molecular flexibility index (Phi) is 6.10. The zero-order chi connectivity index (χ0) is 16.7. The van der Waals surface area contributed by atoms with Gasteiger partial charge in [0.1, 0.15) is 0 Å². The number of esters is 1. The summed E-state index contributed by atoms with van der Waals surface area (Å²) in [7, 11) is 1.55. The molecule has 1 N–H and O–H groups in total. The number of nitrogens with one attached hydrogen (secondary N) is 1. The second kappa shape index (κ2) is 8.28. The van der Waals surface area contributed by atoms with Crippen LogP contribution in [0.5, 0.6) is 0 Å². The molecule has 7 heteroatoms. The molecule has 0 atom stereocenters. The number of hydrogen-bond acceptors (Lipinski definition) is 6. The van der Waals surface area contributed by atoms with Crippen LogP contribution in [0.4, 0.5) is 5.69 Å². The maximum Gasteiger partial charge on any atom is 0.338 e. The minimum Gasteiger partial charge on any atom is -0.452 e. The fourth-order valence-corrected chi connectivity index (χ4v) is 2.09. The van der Waals surface area contributed by atoms with Crippen molar-refractivity contribution in [2.24, 2.45) is 5.10 Å². The first-order valence-electron chi connectivity index (χ1n) is 7.44. The van der Waals surface area contributed by atoms with Crippen LogP contribution in [0, 0.1) is 0 Å². The van der Waals surface area contributed by atoms with Crippen LogP contribution in [0.2, 0.25) is 0 Å². The van der Waals surface area contributed by atoms with E-state index in [2.05, 4.69) is 10.4 Å². The van der Waals surface area contributed by atoms with Crippen molar-refractivity contribution >= 4 is 23.3 Å². The Labute approximate surface area is 135 Å². The molecule has 1 aromatic rings.